The largest absolute Gasteiger partial charge is 0.497 e. The summed E-state index contributed by atoms with van der Waals surface area (Å²) in [5.74, 6) is 6.79. The van der Waals surface area contributed by atoms with Gasteiger partial charge in [-0.3, -0.25) is 4.90 Å². The Morgan fingerprint density at radius 2 is 1.84 bits per heavy atom. The number of nitrogens with zero attached hydrogens (tertiary/aromatic N) is 3. The van der Waals surface area contributed by atoms with Gasteiger partial charge in [-0.05, 0) is 68.7 Å². The standard InChI is InChI=1S/C27H29N3O2/c1-27(2,31)15-14-19-4-6-20(7-5-19)18-29-22-10-13-25(29)24-17-28-30(26(24)16-22)21-8-11-23(32-3)12-9-21/h4-9,11-12,17,22,25,31H,10,13,16,18H2,1-3H3/t22-,25+/m0/s1. The zero-order valence-corrected chi connectivity index (χ0v) is 18.9. The van der Waals surface area contributed by atoms with Crippen LogP contribution in [0.5, 0.6) is 5.75 Å². The van der Waals surface area contributed by atoms with Gasteiger partial charge in [-0.15, -0.1) is 0 Å². The Bertz CT molecular complexity index is 1160. The van der Waals surface area contributed by atoms with Gasteiger partial charge in [-0.1, -0.05) is 24.0 Å². The lowest BCUT2D eigenvalue weighted by atomic mass is 9.98. The van der Waals surface area contributed by atoms with E-state index in [0.29, 0.717) is 12.1 Å². The average Bonchev–Trinajstić information content (AvgIpc) is 3.33. The lowest BCUT2D eigenvalue weighted by molar-refractivity contribution is 0.143. The predicted octanol–water partition coefficient (Wildman–Crippen LogP) is 4.27. The van der Waals surface area contributed by atoms with Gasteiger partial charge in [0.25, 0.3) is 0 Å². The minimum absolute atomic E-state index is 0.422. The van der Waals surface area contributed by atoms with Crippen LogP contribution in [0.25, 0.3) is 5.69 Å². The number of aromatic nitrogens is 2. The van der Waals surface area contributed by atoms with Crippen LogP contribution in [0, 0.1) is 11.8 Å². The molecule has 1 aromatic heterocycles. The summed E-state index contributed by atoms with van der Waals surface area (Å²) in [6.07, 6.45) is 5.49. The zero-order valence-electron chi connectivity index (χ0n) is 18.9. The molecule has 1 saturated heterocycles. The van der Waals surface area contributed by atoms with Crippen molar-refractivity contribution in [1.29, 1.82) is 0 Å². The maximum absolute atomic E-state index is 9.80. The normalized spacial score (nSPS) is 19.9. The molecule has 0 amide bonds. The Hall–Kier alpha value is -3.07. The molecule has 2 atom stereocenters. The van der Waals surface area contributed by atoms with Crippen LogP contribution in [0.3, 0.4) is 0 Å². The fraction of sp³-hybridized carbons (Fsp3) is 0.370. The van der Waals surface area contributed by atoms with Crippen molar-refractivity contribution < 1.29 is 9.84 Å². The zero-order chi connectivity index (χ0) is 22.3. The fourth-order valence-electron chi connectivity index (χ4n) is 4.90. The highest BCUT2D eigenvalue weighted by molar-refractivity contribution is 5.42. The monoisotopic (exact) mass is 427 g/mol. The van der Waals surface area contributed by atoms with Gasteiger partial charge in [0, 0.05) is 36.2 Å². The molecular weight excluding hydrogens is 398 g/mol. The minimum Gasteiger partial charge on any atom is -0.497 e. The topological polar surface area (TPSA) is 50.5 Å². The summed E-state index contributed by atoms with van der Waals surface area (Å²) in [5.41, 5.74) is 5.04. The number of rotatable bonds is 4. The number of aliphatic hydroxyl groups is 1. The van der Waals surface area contributed by atoms with Crippen LogP contribution < -0.4 is 4.74 Å². The Morgan fingerprint density at radius 3 is 2.53 bits per heavy atom. The molecule has 0 saturated carbocycles. The van der Waals surface area contributed by atoms with Crippen LogP contribution in [0.1, 0.15) is 55.1 Å². The van der Waals surface area contributed by atoms with Crippen molar-refractivity contribution in [2.24, 2.45) is 0 Å². The van der Waals surface area contributed by atoms with Gasteiger partial charge in [0.2, 0.25) is 0 Å². The van der Waals surface area contributed by atoms with E-state index in [2.05, 4.69) is 51.9 Å². The maximum atomic E-state index is 9.80. The first kappa shape index (κ1) is 20.8. The van der Waals surface area contributed by atoms with Gasteiger partial charge in [0.05, 0.1) is 24.7 Å². The van der Waals surface area contributed by atoms with Gasteiger partial charge >= 0.3 is 0 Å². The number of methoxy groups -OCH3 is 1. The molecule has 0 unspecified atom stereocenters. The molecular formula is C27H29N3O2. The molecule has 3 aromatic rings. The number of hydrogen-bond acceptors (Lipinski definition) is 4. The Kier molecular flexibility index (Phi) is 5.28. The van der Waals surface area contributed by atoms with Gasteiger partial charge in [0.15, 0.2) is 0 Å². The lowest BCUT2D eigenvalue weighted by Crippen LogP contribution is -2.37. The third-order valence-corrected chi connectivity index (χ3v) is 6.48. The van der Waals surface area contributed by atoms with Gasteiger partial charge in [-0.2, -0.15) is 5.10 Å². The van der Waals surface area contributed by atoms with Crippen molar-refractivity contribution in [3.63, 3.8) is 0 Å². The van der Waals surface area contributed by atoms with Crippen LogP contribution in [-0.2, 0) is 13.0 Å². The molecule has 164 valence electrons. The van der Waals surface area contributed by atoms with Crippen molar-refractivity contribution in [2.75, 3.05) is 7.11 Å². The van der Waals surface area contributed by atoms with E-state index in [1.807, 2.05) is 24.3 Å². The van der Waals surface area contributed by atoms with E-state index in [-0.39, 0.29) is 0 Å². The van der Waals surface area contributed by atoms with Crippen LogP contribution in [0.2, 0.25) is 0 Å². The summed E-state index contributed by atoms with van der Waals surface area (Å²) in [4.78, 5) is 2.64. The number of hydrogen-bond donors (Lipinski definition) is 1. The molecule has 5 nitrogen and oxygen atoms in total. The molecule has 3 heterocycles. The first-order chi connectivity index (χ1) is 15.4. The average molecular weight is 428 g/mol. The molecule has 5 rings (SSSR count). The lowest BCUT2D eigenvalue weighted by Gasteiger charge is -2.35. The quantitative estimate of drug-likeness (QED) is 0.632. The van der Waals surface area contributed by atoms with E-state index in [9.17, 15) is 5.11 Å². The molecule has 0 radical (unpaired) electrons. The van der Waals surface area contributed by atoms with Crippen molar-refractivity contribution in [2.45, 2.75) is 57.3 Å². The van der Waals surface area contributed by atoms with Crippen molar-refractivity contribution in [3.05, 3.63) is 77.1 Å². The second kappa shape index (κ2) is 8.12. The molecule has 2 aliphatic heterocycles. The predicted molar refractivity (Wildman–Crippen MR) is 125 cm³/mol. The molecule has 2 bridgehead atoms. The summed E-state index contributed by atoms with van der Waals surface area (Å²) >= 11 is 0. The highest BCUT2D eigenvalue weighted by atomic mass is 16.5. The number of fused-ring (bicyclic) bond motifs is 4. The summed E-state index contributed by atoms with van der Waals surface area (Å²) in [6, 6.07) is 17.5. The van der Waals surface area contributed by atoms with E-state index in [0.717, 1.165) is 30.0 Å². The maximum Gasteiger partial charge on any atom is 0.120 e. The fourth-order valence-corrected chi connectivity index (χ4v) is 4.90. The Balaban J connectivity index is 1.35. The van der Waals surface area contributed by atoms with E-state index in [1.54, 1.807) is 21.0 Å². The Morgan fingerprint density at radius 1 is 1.09 bits per heavy atom. The van der Waals surface area contributed by atoms with E-state index < -0.39 is 5.60 Å². The van der Waals surface area contributed by atoms with Crippen LogP contribution in [0.4, 0.5) is 0 Å². The molecule has 32 heavy (non-hydrogen) atoms. The molecule has 0 spiro atoms. The second-order valence-corrected chi connectivity index (χ2v) is 9.29. The molecule has 5 heteroatoms. The van der Waals surface area contributed by atoms with E-state index >= 15 is 0 Å². The van der Waals surface area contributed by atoms with E-state index in [1.165, 1.54) is 29.7 Å². The second-order valence-electron chi connectivity index (χ2n) is 9.29. The number of benzene rings is 2. The Labute approximate surface area is 189 Å². The van der Waals surface area contributed by atoms with Gasteiger partial charge in [-0.25, -0.2) is 4.68 Å². The van der Waals surface area contributed by atoms with Gasteiger partial charge < -0.3 is 9.84 Å². The third-order valence-electron chi connectivity index (χ3n) is 6.48. The summed E-state index contributed by atoms with van der Waals surface area (Å²) in [7, 11) is 1.69. The van der Waals surface area contributed by atoms with Crippen molar-refractivity contribution in [1.82, 2.24) is 14.7 Å². The first-order valence-electron chi connectivity index (χ1n) is 11.2. The summed E-state index contributed by atoms with van der Waals surface area (Å²) in [6.45, 7) is 4.33. The molecule has 2 aliphatic rings. The molecule has 1 fully saturated rings. The van der Waals surface area contributed by atoms with E-state index in [4.69, 9.17) is 9.84 Å². The summed E-state index contributed by atoms with van der Waals surface area (Å²) in [5, 5.41) is 14.5. The van der Waals surface area contributed by atoms with Gasteiger partial charge in [0.1, 0.15) is 11.4 Å². The molecule has 2 aromatic carbocycles. The smallest absolute Gasteiger partial charge is 0.120 e. The minimum atomic E-state index is -0.973. The first-order valence-corrected chi connectivity index (χ1v) is 11.2. The SMILES string of the molecule is COc1ccc(-n2ncc3c2C[C@@H]2CC[C@H]3N2Cc2ccc(C#CC(C)(C)O)cc2)cc1. The van der Waals surface area contributed by atoms with Crippen LogP contribution in [-0.4, -0.2) is 38.5 Å². The number of ether oxygens (including phenoxy) is 1. The van der Waals surface area contributed by atoms with Crippen molar-refractivity contribution in [3.8, 4) is 23.3 Å². The van der Waals surface area contributed by atoms with Crippen LogP contribution in [0.15, 0.2) is 54.7 Å². The highest BCUT2D eigenvalue weighted by Crippen LogP contribution is 2.44. The molecule has 0 aliphatic carbocycles. The summed E-state index contributed by atoms with van der Waals surface area (Å²) < 4.78 is 7.40. The third kappa shape index (κ3) is 4.04. The molecule has 1 N–H and O–H groups in total. The van der Waals surface area contributed by atoms with Crippen LogP contribution >= 0.6 is 0 Å². The highest BCUT2D eigenvalue weighted by Gasteiger charge is 2.41. The van der Waals surface area contributed by atoms with Crippen molar-refractivity contribution >= 4 is 0 Å².